The summed E-state index contributed by atoms with van der Waals surface area (Å²) in [6, 6.07) is 13.8. The maximum atomic E-state index is 13.0. The van der Waals surface area contributed by atoms with Crippen LogP contribution in [0.5, 0.6) is 0 Å². The summed E-state index contributed by atoms with van der Waals surface area (Å²) >= 11 is 3.01. The zero-order chi connectivity index (χ0) is 19.5. The van der Waals surface area contributed by atoms with Gasteiger partial charge in [0.2, 0.25) is 11.8 Å². The van der Waals surface area contributed by atoms with E-state index in [1.165, 1.54) is 23.9 Å². The molecule has 0 fully saturated rings. The van der Waals surface area contributed by atoms with Gasteiger partial charge in [0.15, 0.2) is 0 Å². The molecule has 0 radical (unpaired) electrons. The zero-order valence-electron chi connectivity index (χ0n) is 15.2. The maximum Gasteiger partial charge on any atom is 0.277 e. The summed E-state index contributed by atoms with van der Waals surface area (Å²) in [7, 11) is 0. The third kappa shape index (κ3) is 4.23. The lowest BCUT2D eigenvalue weighted by molar-refractivity contribution is -0.116. The van der Waals surface area contributed by atoms with Gasteiger partial charge in [-0.25, -0.2) is 4.39 Å². The van der Waals surface area contributed by atoms with Crippen molar-refractivity contribution < 1.29 is 13.6 Å². The first-order valence-corrected chi connectivity index (χ1v) is 10.7. The highest BCUT2D eigenvalue weighted by atomic mass is 32.2. The number of anilines is 1. The van der Waals surface area contributed by atoms with Crippen molar-refractivity contribution in [2.45, 2.75) is 28.7 Å². The van der Waals surface area contributed by atoms with Crippen LogP contribution in [0.15, 0.2) is 63.1 Å². The molecule has 1 aliphatic heterocycles. The largest absolute Gasteiger partial charge is 0.411 e. The van der Waals surface area contributed by atoms with Gasteiger partial charge in [0.05, 0.1) is 11.4 Å². The minimum atomic E-state index is -0.325. The van der Waals surface area contributed by atoms with Crippen LogP contribution in [-0.4, -0.2) is 33.7 Å². The Morgan fingerprint density at radius 1 is 1.25 bits per heavy atom. The molecule has 0 saturated carbocycles. The van der Waals surface area contributed by atoms with Gasteiger partial charge in [-0.05, 0) is 42.8 Å². The van der Waals surface area contributed by atoms with Crippen LogP contribution in [0.25, 0.3) is 11.5 Å². The SMILES string of the molecule is C[C@@H]1CCN(C(=O)CSc2nnc(-c3ccc(F)cc3)o2)c2ccccc2S1. The molecule has 0 bridgehead atoms. The Balaban J connectivity index is 1.44. The Bertz CT molecular complexity index is 978. The van der Waals surface area contributed by atoms with Gasteiger partial charge in [-0.3, -0.25) is 4.79 Å². The van der Waals surface area contributed by atoms with E-state index in [0.717, 1.165) is 17.0 Å². The molecule has 2 heterocycles. The summed E-state index contributed by atoms with van der Waals surface area (Å²) in [6.45, 7) is 2.87. The van der Waals surface area contributed by atoms with E-state index in [0.29, 0.717) is 28.5 Å². The Labute approximate surface area is 170 Å². The molecule has 1 atom stereocenters. The van der Waals surface area contributed by atoms with Gasteiger partial charge in [0, 0.05) is 22.3 Å². The van der Waals surface area contributed by atoms with E-state index in [2.05, 4.69) is 23.2 Å². The number of benzene rings is 2. The van der Waals surface area contributed by atoms with Crippen molar-refractivity contribution in [1.82, 2.24) is 10.2 Å². The number of fused-ring (bicyclic) bond motifs is 1. The Morgan fingerprint density at radius 2 is 2.04 bits per heavy atom. The van der Waals surface area contributed by atoms with Gasteiger partial charge < -0.3 is 9.32 Å². The molecule has 0 spiro atoms. The normalized spacial score (nSPS) is 16.5. The Morgan fingerprint density at radius 3 is 2.86 bits per heavy atom. The molecule has 0 aliphatic carbocycles. The van der Waals surface area contributed by atoms with Gasteiger partial charge in [-0.2, -0.15) is 0 Å². The molecule has 28 heavy (non-hydrogen) atoms. The van der Waals surface area contributed by atoms with Gasteiger partial charge in [0.1, 0.15) is 5.82 Å². The van der Waals surface area contributed by atoms with Crippen LogP contribution in [0.3, 0.4) is 0 Å². The fourth-order valence-corrected chi connectivity index (χ4v) is 4.68. The molecule has 0 unspecified atom stereocenters. The van der Waals surface area contributed by atoms with Gasteiger partial charge in [-0.15, -0.1) is 22.0 Å². The molecule has 3 aromatic rings. The number of halogens is 1. The molecule has 4 rings (SSSR count). The monoisotopic (exact) mass is 415 g/mol. The van der Waals surface area contributed by atoms with Crippen LogP contribution in [0.4, 0.5) is 10.1 Å². The number of para-hydroxylation sites is 1. The van der Waals surface area contributed by atoms with E-state index in [1.807, 2.05) is 23.1 Å². The number of nitrogens with zero attached hydrogens (tertiary/aromatic N) is 3. The lowest BCUT2D eigenvalue weighted by Gasteiger charge is -2.22. The highest BCUT2D eigenvalue weighted by molar-refractivity contribution is 8.00. The Hall–Kier alpha value is -2.32. The van der Waals surface area contributed by atoms with Gasteiger partial charge in [0.25, 0.3) is 5.22 Å². The van der Waals surface area contributed by atoms with Crippen molar-refractivity contribution in [2.75, 3.05) is 17.2 Å². The van der Waals surface area contributed by atoms with Gasteiger partial charge >= 0.3 is 0 Å². The number of aromatic nitrogens is 2. The fraction of sp³-hybridized carbons (Fsp3) is 0.250. The van der Waals surface area contributed by atoms with E-state index in [1.54, 1.807) is 23.9 Å². The Kier molecular flexibility index (Phi) is 5.68. The highest BCUT2D eigenvalue weighted by Gasteiger charge is 2.24. The number of thioether (sulfide) groups is 2. The smallest absolute Gasteiger partial charge is 0.277 e. The summed E-state index contributed by atoms with van der Waals surface area (Å²) < 4.78 is 18.6. The van der Waals surface area contributed by atoms with E-state index in [9.17, 15) is 9.18 Å². The number of carbonyl (C=O) groups is 1. The second-order valence-electron chi connectivity index (χ2n) is 6.40. The average molecular weight is 416 g/mol. The van der Waals surface area contributed by atoms with Crippen molar-refractivity contribution in [2.24, 2.45) is 0 Å². The predicted molar refractivity (Wildman–Crippen MR) is 109 cm³/mol. The first-order valence-electron chi connectivity index (χ1n) is 8.88. The summed E-state index contributed by atoms with van der Waals surface area (Å²) in [5.41, 5.74) is 1.60. The molecular weight excluding hydrogens is 397 g/mol. The molecule has 0 N–H and O–H groups in total. The van der Waals surface area contributed by atoms with Crippen molar-refractivity contribution in [3.63, 3.8) is 0 Å². The lowest BCUT2D eigenvalue weighted by atomic mass is 10.2. The molecule has 144 valence electrons. The molecule has 0 saturated heterocycles. The minimum Gasteiger partial charge on any atom is -0.411 e. The second kappa shape index (κ2) is 8.36. The van der Waals surface area contributed by atoms with Crippen molar-refractivity contribution in [1.29, 1.82) is 0 Å². The number of amides is 1. The maximum absolute atomic E-state index is 13.0. The van der Waals surface area contributed by atoms with Crippen LogP contribution in [-0.2, 0) is 4.79 Å². The summed E-state index contributed by atoms with van der Waals surface area (Å²) in [5, 5.41) is 8.74. The number of hydrogen-bond acceptors (Lipinski definition) is 6. The highest BCUT2D eigenvalue weighted by Crippen LogP contribution is 2.37. The van der Waals surface area contributed by atoms with Crippen molar-refractivity contribution >= 4 is 35.1 Å². The van der Waals surface area contributed by atoms with Crippen LogP contribution < -0.4 is 4.90 Å². The number of rotatable bonds is 4. The van der Waals surface area contributed by atoms with Crippen LogP contribution in [0.2, 0.25) is 0 Å². The third-order valence-electron chi connectivity index (χ3n) is 4.36. The zero-order valence-corrected chi connectivity index (χ0v) is 16.8. The van der Waals surface area contributed by atoms with Crippen LogP contribution in [0.1, 0.15) is 13.3 Å². The third-order valence-corrected chi connectivity index (χ3v) is 6.40. The molecule has 1 amide bonds. The summed E-state index contributed by atoms with van der Waals surface area (Å²) in [6.07, 6.45) is 0.936. The number of hydrogen-bond donors (Lipinski definition) is 0. The van der Waals surface area contributed by atoms with E-state index in [4.69, 9.17) is 4.42 Å². The van der Waals surface area contributed by atoms with E-state index >= 15 is 0 Å². The lowest BCUT2D eigenvalue weighted by Crippen LogP contribution is -2.33. The van der Waals surface area contributed by atoms with Gasteiger partial charge in [-0.1, -0.05) is 30.8 Å². The first kappa shape index (κ1) is 19.0. The van der Waals surface area contributed by atoms with E-state index in [-0.39, 0.29) is 17.5 Å². The summed E-state index contributed by atoms with van der Waals surface area (Å²) in [4.78, 5) is 15.8. The number of carbonyl (C=O) groups excluding carboxylic acids is 1. The van der Waals surface area contributed by atoms with Crippen molar-refractivity contribution in [3.8, 4) is 11.5 Å². The van der Waals surface area contributed by atoms with E-state index < -0.39 is 0 Å². The van der Waals surface area contributed by atoms with Crippen molar-refractivity contribution in [3.05, 3.63) is 54.3 Å². The van der Waals surface area contributed by atoms with Crippen LogP contribution >= 0.6 is 23.5 Å². The molecule has 8 heteroatoms. The molecule has 1 aliphatic rings. The van der Waals surface area contributed by atoms with Crippen LogP contribution in [0, 0.1) is 5.82 Å². The fourth-order valence-electron chi connectivity index (χ4n) is 2.92. The molecule has 2 aromatic carbocycles. The molecule has 1 aromatic heterocycles. The predicted octanol–water partition coefficient (Wildman–Crippen LogP) is 4.89. The molecular formula is C20H18FN3O2S2. The average Bonchev–Trinajstić information content (AvgIpc) is 3.10. The second-order valence-corrected chi connectivity index (χ2v) is 8.81. The minimum absolute atomic E-state index is 0.00804. The standard InChI is InChI=1S/C20H18FN3O2S2/c1-13-10-11-24(16-4-2-3-5-17(16)28-13)18(25)12-27-20-23-22-19(26-20)14-6-8-15(21)9-7-14/h2-9,13H,10-12H2,1H3/t13-/m1/s1. The first-order chi connectivity index (χ1) is 13.6. The quantitative estimate of drug-likeness (QED) is 0.566. The topological polar surface area (TPSA) is 59.2 Å². The summed E-state index contributed by atoms with van der Waals surface area (Å²) in [5.74, 6) is 0.195. The molecule has 5 nitrogen and oxygen atoms in total.